The van der Waals surface area contributed by atoms with E-state index in [0.29, 0.717) is 5.92 Å². The molecule has 0 spiro atoms. The fraction of sp³-hybridized carbons (Fsp3) is 0.538. The second-order valence-electron chi connectivity index (χ2n) is 5.65. The van der Waals surface area contributed by atoms with Gasteiger partial charge in [-0.15, -0.1) is 0 Å². The van der Waals surface area contributed by atoms with Gasteiger partial charge in [-0.2, -0.15) is 5.10 Å². The van der Waals surface area contributed by atoms with Crippen molar-refractivity contribution >= 4 is 22.6 Å². The number of rotatable bonds is 1. The van der Waals surface area contributed by atoms with Crippen molar-refractivity contribution in [3.8, 4) is 0 Å². The van der Waals surface area contributed by atoms with E-state index in [2.05, 4.69) is 44.7 Å². The Morgan fingerprint density at radius 3 is 2.47 bits per heavy atom. The van der Waals surface area contributed by atoms with Crippen LogP contribution in [-0.4, -0.2) is 14.8 Å². The van der Waals surface area contributed by atoms with E-state index in [4.69, 9.17) is 11.6 Å². The zero-order valence-corrected chi connectivity index (χ0v) is 11.7. The molecule has 2 aromatic rings. The van der Waals surface area contributed by atoms with Crippen molar-refractivity contribution in [2.45, 2.75) is 46.1 Å². The molecule has 17 heavy (non-hydrogen) atoms. The standard InChI is InChI=1S/C13H18ClN3/c1-8(2)11-6-10(14)9-7-15-17(12(9)16-11)13(3,4)5/h6-8H,1-5H3. The van der Waals surface area contributed by atoms with Gasteiger partial charge >= 0.3 is 0 Å². The van der Waals surface area contributed by atoms with Crippen molar-refractivity contribution in [1.29, 1.82) is 0 Å². The van der Waals surface area contributed by atoms with Crippen molar-refractivity contribution < 1.29 is 0 Å². The van der Waals surface area contributed by atoms with Gasteiger partial charge in [-0.1, -0.05) is 25.4 Å². The summed E-state index contributed by atoms with van der Waals surface area (Å²) in [6, 6.07) is 1.93. The van der Waals surface area contributed by atoms with Gasteiger partial charge in [0.2, 0.25) is 0 Å². The zero-order valence-electron chi connectivity index (χ0n) is 11.0. The molecule has 0 bridgehead atoms. The van der Waals surface area contributed by atoms with Crippen LogP contribution in [0, 0.1) is 0 Å². The SMILES string of the molecule is CC(C)c1cc(Cl)c2cnn(C(C)(C)C)c2n1. The van der Waals surface area contributed by atoms with Gasteiger partial charge in [0.05, 0.1) is 22.1 Å². The summed E-state index contributed by atoms with van der Waals surface area (Å²) in [4.78, 5) is 4.68. The van der Waals surface area contributed by atoms with Crippen LogP contribution in [-0.2, 0) is 5.54 Å². The molecule has 2 rings (SSSR count). The second-order valence-corrected chi connectivity index (χ2v) is 6.06. The molecule has 0 amide bonds. The van der Waals surface area contributed by atoms with E-state index >= 15 is 0 Å². The van der Waals surface area contributed by atoms with E-state index in [-0.39, 0.29) is 5.54 Å². The summed E-state index contributed by atoms with van der Waals surface area (Å²) in [7, 11) is 0. The summed E-state index contributed by atoms with van der Waals surface area (Å²) in [5.41, 5.74) is 1.79. The molecule has 0 aliphatic carbocycles. The number of halogens is 1. The van der Waals surface area contributed by atoms with Gasteiger partial charge in [0, 0.05) is 5.69 Å². The largest absolute Gasteiger partial charge is 0.242 e. The van der Waals surface area contributed by atoms with Crippen LogP contribution < -0.4 is 0 Å². The quantitative estimate of drug-likeness (QED) is 0.768. The molecule has 0 aliphatic rings. The number of nitrogens with zero attached hydrogens (tertiary/aromatic N) is 3. The van der Waals surface area contributed by atoms with Crippen LogP contribution >= 0.6 is 11.6 Å². The van der Waals surface area contributed by atoms with Crippen molar-refractivity contribution in [3.05, 3.63) is 23.0 Å². The summed E-state index contributed by atoms with van der Waals surface area (Å²) in [6.07, 6.45) is 1.79. The summed E-state index contributed by atoms with van der Waals surface area (Å²) in [6.45, 7) is 10.6. The first-order valence-corrected chi connectivity index (χ1v) is 6.23. The maximum atomic E-state index is 6.28. The highest BCUT2D eigenvalue weighted by Crippen LogP contribution is 2.28. The number of aromatic nitrogens is 3. The van der Waals surface area contributed by atoms with Gasteiger partial charge in [-0.05, 0) is 32.8 Å². The summed E-state index contributed by atoms with van der Waals surface area (Å²) in [5, 5.41) is 6.05. The van der Waals surface area contributed by atoms with Gasteiger partial charge in [0.1, 0.15) is 0 Å². The Labute approximate surface area is 107 Å². The molecule has 0 aliphatic heterocycles. The topological polar surface area (TPSA) is 30.7 Å². The Hall–Kier alpha value is -1.09. The molecule has 4 heteroatoms. The Kier molecular flexibility index (Phi) is 2.90. The molecule has 0 atom stereocenters. The number of hydrogen-bond acceptors (Lipinski definition) is 2. The van der Waals surface area contributed by atoms with Gasteiger partial charge in [-0.3, -0.25) is 0 Å². The number of pyridine rings is 1. The molecule has 0 N–H and O–H groups in total. The highest BCUT2D eigenvalue weighted by atomic mass is 35.5. The molecule has 0 saturated carbocycles. The molecule has 3 nitrogen and oxygen atoms in total. The van der Waals surface area contributed by atoms with Crippen LogP contribution in [0.1, 0.15) is 46.2 Å². The molecule has 0 radical (unpaired) electrons. The molecule has 0 fully saturated rings. The lowest BCUT2D eigenvalue weighted by molar-refractivity contribution is 0.365. The molecule has 0 saturated heterocycles. The Balaban J connectivity index is 2.75. The third-order valence-corrected chi connectivity index (χ3v) is 3.05. The predicted octanol–water partition coefficient (Wildman–Crippen LogP) is 3.96. The van der Waals surface area contributed by atoms with E-state index in [1.807, 2.05) is 10.7 Å². The highest BCUT2D eigenvalue weighted by Gasteiger charge is 2.20. The minimum Gasteiger partial charge on any atom is -0.242 e. The summed E-state index contributed by atoms with van der Waals surface area (Å²) in [5.74, 6) is 0.361. The highest BCUT2D eigenvalue weighted by molar-refractivity contribution is 6.35. The molecule has 2 heterocycles. The van der Waals surface area contributed by atoms with Crippen molar-refractivity contribution in [2.24, 2.45) is 0 Å². The van der Waals surface area contributed by atoms with Crippen LogP contribution in [0.5, 0.6) is 0 Å². The smallest absolute Gasteiger partial charge is 0.160 e. The van der Waals surface area contributed by atoms with Crippen molar-refractivity contribution in [3.63, 3.8) is 0 Å². The zero-order chi connectivity index (χ0) is 12.8. The summed E-state index contributed by atoms with van der Waals surface area (Å²) >= 11 is 6.28. The fourth-order valence-electron chi connectivity index (χ4n) is 1.77. The van der Waals surface area contributed by atoms with Crippen LogP contribution in [0.2, 0.25) is 5.02 Å². The predicted molar refractivity (Wildman–Crippen MR) is 71.6 cm³/mol. The molecule has 0 aromatic carbocycles. The van der Waals surface area contributed by atoms with Crippen LogP contribution in [0.15, 0.2) is 12.3 Å². The molecular formula is C13H18ClN3. The van der Waals surface area contributed by atoms with Crippen molar-refractivity contribution in [2.75, 3.05) is 0 Å². The lowest BCUT2D eigenvalue weighted by Crippen LogP contribution is -2.23. The van der Waals surface area contributed by atoms with E-state index in [0.717, 1.165) is 21.7 Å². The number of fused-ring (bicyclic) bond motifs is 1. The lowest BCUT2D eigenvalue weighted by Gasteiger charge is -2.20. The van der Waals surface area contributed by atoms with Gasteiger partial charge < -0.3 is 0 Å². The van der Waals surface area contributed by atoms with Crippen LogP contribution in [0.4, 0.5) is 0 Å². The molecule has 0 unspecified atom stereocenters. The maximum absolute atomic E-state index is 6.28. The first kappa shape index (κ1) is 12.4. The van der Waals surface area contributed by atoms with E-state index in [1.54, 1.807) is 6.20 Å². The Bertz CT molecular complexity index is 550. The Morgan fingerprint density at radius 1 is 1.29 bits per heavy atom. The molecular weight excluding hydrogens is 234 g/mol. The Morgan fingerprint density at radius 2 is 1.94 bits per heavy atom. The average molecular weight is 252 g/mol. The fourth-order valence-corrected chi connectivity index (χ4v) is 2.01. The first-order chi connectivity index (χ1) is 7.80. The van der Waals surface area contributed by atoms with E-state index < -0.39 is 0 Å². The van der Waals surface area contributed by atoms with E-state index in [1.165, 1.54) is 0 Å². The average Bonchev–Trinajstić information content (AvgIpc) is 2.60. The minimum atomic E-state index is -0.0896. The minimum absolute atomic E-state index is 0.0896. The summed E-state index contributed by atoms with van der Waals surface area (Å²) < 4.78 is 1.93. The van der Waals surface area contributed by atoms with E-state index in [9.17, 15) is 0 Å². The van der Waals surface area contributed by atoms with Crippen LogP contribution in [0.25, 0.3) is 11.0 Å². The lowest BCUT2D eigenvalue weighted by atomic mass is 10.1. The monoisotopic (exact) mass is 251 g/mol. The van der Waals surface area contributed by atoms with Gasteiger partial charge in [0.25, 0.3) is 0 Å². The second kappa shape index (κ2) is 3.98. The molecule has 92 valence electrons. The normalized spacial score (nSPS) is 12.6. The third kappa shape index (κ3) is 2.16. The van der Waals surface area contributed by atoms with Crippen LogP contribution in [0.3, 0.4) is 0 Å². The van der Waals surface area contributed by atoms with Gasteiger partial charge in [-0.25, -0.2) is 9.67 Å². The first-order valence-electron chi connectivity index (χ1n) is 5.85. The maximum Gasteiger partial charge on any atom is 0.160 e. The van der Waals surface area contributed by atoms with Crippen molar-refractivity contribution in [1.82, 2.24) is 14.8 Å². The molecule has 2 aromatic heterocycles. The third-order valence-electron chi connectivity index (χ3n) is 2.74. The van der Waals surface area contributed by atoms with Gasteiger partial charge in [0.15, 0.2) is 5.65 Å². The number of hydrogen-bond donors (Lipinski definition) is 0.